The van der Waals surface area contributed by atoms with E-state index < -0.39 is 5.91 Å². The van der Waals surface area contributed by atoms with E-state index in [2.05, 4.69) is 0 Å². The summed E-state index contributed by atoms with van der Waals surface area (Å²) < 4.78 is 0. The highest BCUT2D eigenvalue weighted by atomic mass is 32.2. The van der Waals surface area contributed by atoms with E-state index in [9.17, 15) is 4.79 Å². The molecule has 0 aliphatic rings. The van der Waals surface area contributed by atoms with Crippen molar-refractivity contribution in [3.63, 3.8) is 0 Å². The van der Waals surface area contributed by atoms with Crippen LogP contribution in [0.1, 0.15) is 5.56 Å². The van der Waals surface area contributed by atoms with Crippen molar-refractivity contribution in [2.45, 2.75) is 4.90 Å². The molecule has 0 aromatic heterocycles. The SMILES string of the molecule is CSc1ccccc1C=CC(N)=O. The van der Waals surface area contributed by atoms with Crippen molar-refractivity contribution in [1.29, 1.82) is 0 Å². The van der Waals surface area contributed by atoms with E-state index in [1.165, 1.54) is 6.08 Å². The second-order valence-corrected chi connectivity index (χ2v) is 3.33. The summed E-state index contributed by atoms with van der Waals surface area (Å²) in [6, 6.07) is 7.85. The predicted octanol–water partition coefficient (Wildman–Crippen LogP) is 1.91. The van der Waals surface area contributed by atoms with Crippen LogP contribution in [0.5, 0.6) is 0 Å². The Kier molecular flexibility index (Phi) is 3.58. The minimum atomic E-state index is -0.420. The first-order valence-corrected chi connectivity index (χ1v) is 5.07. The Labute approximate surface area is 81.8 Å². The molecule has 0 saturated heterocycles. The van der Waals surface area contributed by atoms with Crippen LogP contribution < -0.4 is 5.73 Å². The lowest BCUT2D eigenvalue weighted by Crippen LogP contribution is -2.05. The molecule has 0 spiro atoms. The van der Waals surface area contributed by atoms with Gasteiger partial charge < -0.3 is 5.73 Å². The van der Waals surface area contributed by atoms with Crippen LogP contribution in [0.3, 0.4) is 0 Å². The maximum atomic E-state index is 10.5. The Bertz CT molecular complexity index is 333. The monoisotopic (exact) mass is 193 g/mol. The molecule has 3 heteroatoms. The van der Waals surface area contributed by atoms with E-state index >= 15 is 0 Å². The van der Waals surface area contributed by atoms with Crippen LogP contribution in [-0.2, 0) is 4.79 Å². The maximum Gasteiger partial charge on any atom is 0.241 e. The van der Waals surface area contributed by atoms with Gasteiger partial charge in [-0.2, -0.15) is 0 Å². The Balaban J connectivity index is 2.93. The normalized spacial score (nSPS) is 10.5. The van der Waals surface area contributed by atoms with Gasteiger partial charge in [0.2, 0.25) is 5.91 Å². The zero-order valence-electron chi connectivity index (χ0n) is 7.36. The van der Waals surface area contributed by atoms with Crippen molar-refractivity contribution in [3.05, 3.63) is 35.9 Å². The van der Waals surface area contributed by atoms with Gasteiger partial charge in [-0.05, 0) is 24.0 Å². The third-order valence-corrected chi connectivity index (χ3v) is 2.38. The zero-order valence-corrected chi connectivity index (χ0v) is 8.17. The highest BCUT2D eigenvalue weighted by Crippen LogP contribution is 2.20. The number of benzene rings is 1. The van der Waals surface area contributed by atoms with E-state index in [4.69, 9.17) is 5.73 Å². The third-order valence-electron chi connectivity index (χ3n) is 1.57. The number of carbonyl (C=O) groups excluding carboxylic acids is 1. The number of nitrogens with two attached hydrogens (primary N) is 1. The molecular formula is C10H11NOS. The van der Waals surface area contributed by atoms with E-state index in [1.54, 1.807) is 17.8 Å². The van der Waals surface area contributed by atoms with Crippen LogP contribution in [-0.4, -0.2) is 12.2 Å². The quantitative estimate of drug-likeness (QED) is 0.588. The first-order chi connectivity index (χ1) is 6.24. The Morgan fingerprint density at radius 1 is 1.46 bits per heavy atom. The van der Waals surface area contributed by atoms with Crippen molar-refractivity contribution in [2.75, 3.05) is 6.26 Å². The number of hydrogen-bond donors (Lipinski definition) is 1. The maximum absolute atomic E-state index is 10.5. The standard InChI is InChI=1S/C10H11NOS/c1-13-9-5-3-2-4-8(9)6-7-10(11)12/h2-7H,1H3,(H2,11,12). The predicted molar refractivity (Wildman–Crippen MR) is 56.5 cm³/mol. The minimum Gasteiger partial charge on any atom is -0.366 e. The van der Waals surface area contributed by atoms with E-state index in [0.717, 1.165) is 10.5 Å². The van der Waals surface area contributed by atoms with Gasteiger partial charge in [0.05, 0.1) is 0 Å². The molecule has 2 nitrogen and oxygen atoms in total. The molecule has 0 aliphatic heterocycles. The van der Waals surface area contributed by atoms with E-state index in [1.807, 2.05) is 30.5 Å². The van der Waals surface area contributed by atoms with Crippen LogP contribution in [0.2, 0.25) is 0 Å². The molecule has 0 atom stereocenters. The van der Waals surface area contributed by atoms with Gasteiger partial charge in [-0.15, -0.1) is 11.8 Å². The lowest BCUT2D eigenvalue weighted by molar-refractivity contribution is -0.113. The molecular weight excluding hydrogens is 182 g/mol. The lowest BCUT2D eigenvalue weighted by atomic mass is 10.2. The molecule has 0 fully saturated rings. The molecule has 0 radical (unpaired) electrons. The van der Waals surface area contributed by atoms with Crippen LogP contribution in [0.25, 0.3) is 6.08 Å². The fourth-order valence-electron chi connectivity index (χ4n) is 0.976. The molecule has 1 amide bonds. The first-order valence-electron chi connectivity index (χ1n) is 3.84. The smallest absolute Gasteiger partial charge is 0.241 e. The zero-order chi connectivity index (χ0) is 9.68. The highest BCUT2D eigenvalue weighted by Gasteiger charge is 1.95. The summed E-state index contributed by atoms with van der Waals surface area (Å²) in [6.07, 6.45) is 5.10. The van der Waals surface area contributed by atoms with Crippen LogP contribution in [0.4, 0.5) is 0 Å². The highest BCUT2D eigenvalue weighted by molar-refractivity contribution is 7.98. The van der Waals surface area contributed by atoms with Crippen LogP contribution >= 0.6 is 11.8 Å². The van der Waals surface area contributed by atoms with Gasteiger partial charge >= 0.3 is 0 Å². The van der Waals surface area contributed by atoms with Gasteiger partial charge in [-0.25, -0.2) is 0 Å². The van der Waals surface area contributed by atoms with Crippen molar-refractivity contribution in [1.82, 2.24) is 0 Å². The van der Waals surface area contributed by atoms with Crippen molar-refractivity contribution < 1.29 is 4.79 Å². The number of thioether (sulfide) groups is 1. The van der Waals surface area contributed by atoms with Gasteiger partial charge in [-0.1, -0.05) is 18.2 Å². The molecule has 1 aromatic rings. The molecule has 1 rings (SSSR count). The second kappa shape index (κ2) is 4.72. The summed E-state index contributed by atoms with van der Waals surface area (Å²) in [4.78, 5) is 11.6. The molecule has 0 aliphatic carbocycles. The van der Waals surface area contributed by atoms with Gasteiger partial charge in [0, 0.05) is 11.0 Å². The number of amides is 1. The van der Waals surface area contributed by atoms with Gasteiger partial charge in [-0.3, -0.25) is 4.79 Å². The Hall–Kier alpha value is -1.22. The lowest BCUT2D eigenvalue weighted by Gasteiger charge is -2.00. The average molecular weight is 193 g/mol. The molecule has 1 aromatic carbocycles. The van der Waals surface area contributed by atoms with Crippen molar-refractivity contribution >= 4 is 23.7 Å². The number of hydrogen-bond acceptors (Lipinski definition) is 2. The molecule has 0 saturated carbocycles. The summed E-state index contributed by atoms with van der Waals surface area (Å²) >= 11 is 1.64. The molecule has 0 heterocycles. The second-order valence-electron chi connectivity index (χ2n) is 2.48. The average Bonchev–Trinajstić information content (AvgIpc) is 2.15. The van der Waals surface area contributed by atoms with E-state index in [0.29, 0.717) is 0 Å². The summed E-state index contributed by atoms with van der Waals surface area (Å²) in [5.74, 6) is -0.420. The van der Waals surface area contributed by atoms with Crippen molar-refractivity contribution in [3.8, 4) is 0 Å². The van der Waals surface area contributed by atoms with Crippen molar-refractivity contribution in [2.24, 2.45) is 5.73 Å². The summed E-state index contributed by atoms with van der Waals surface area (Å²) in [5, 5.41) is 0. The fourth-order valence-corrected chi connectivity index (χ4v) is 1.56. The molecule has 68 valence electrons. The topological polar surface area (TPSA) is 43.1 Å². The summed E-state index contributed by atoms with van der Waals surface area (Å²) in [6.45, 7) is 0. The number of carbonyl (C=O) groups is 1. The van der Waals surface area contributed by atoms with Gasteiger partial charge in [0.15, 0.2) is 0 Å². The van der Waals surface area contributed by atoms with Gasteiger partial charge in [0.1, 0.15) is 0 Å². The van der Waals surface area contributed by atoms with Gasteiger partial charge in [0.25, 0.3) is 0 Å². The minimum absolute atomic E-state index is 0.420. The number of rotatable bonds is 3. The molecule has 13 heavy (non-hydrogen) atoms. The van der Waals surface area contributed by atoms with Crippen LogP contribution in [0, 0.1) is 0 Å². The third kappa shape index (κ3) is 2.95. The molecule has 0 bridgehead atoms. The first kappa shape index (κ1) is 9.86. The number of primary amides is 1. The Morgan fingerprint density at radius 3 is 2.77 bits per heavy atom. The van der Waals surface area contributed by atoms with E-state index in [-0.39, 0.29) is 0 Å². The molecule has 2 N–H and O–H groups in total. The van der Waals surface area contributed by atoms with Crippen LogP contribution in [0.15, 0.2) is 35.2 Å². The Morgan fingerprint density at radius 2 is 2.15 bits per heavy atom. The largest absolute Gasteiger partial charge is 0.366 e. The molecule has 0 unspecified atom stereocenters. The fraction of sp³-hybridized carbons (Fsp3) is 0.100. The summed E-state index contributed by atoms with van der Waals surface area (Å²) in [7, 11) is 0. The summed E-state index contributed by atoms with van der Waals surface area (Å²) in [5.41, 5.74) is 6.02.